The number of hydrogen-bond acceptors (Lipinski definition) is 3. The number of aliphatic hydroxyl groups is 1. The molecule has 3 atom stereocenters. The molecule has 1 aromatic rings. The molecule has 1 saturated carbocycles. The van der Waals surface area contributed by atoms with Gasteiger partial charge in [-0.2, -0.15) is 0 Å². The number of fused-ring (bicyclic) bond motifs is 1. The summed E-state index contributed by atoms with van der Waals surface area (Å²) in [7, 11) is 0. The van der Waals surface area contributed by atoms with Crippen molar-refractivity contribution >= 4 is 5.91 Å². The number of nitrogens with zero attached hydrogens (tertiary/aromatic N) is 1. The van der Waals surface area contributed by atoms with Crippen molar-refractivity contribution in [3.8, 4) is 5.75 Å². The summed E-state index contributed by atoms with van der Waals surface area (Å²) in [4.78, 5) is 14.8. The van der Waals surface area contributed by atoms with E-state index in [1.807, 2.05) is 30.0 Å². The summed E-state index contributed by atoms with van der Waals surface area (Å²) in [5.74, 6) is 1.44. The van der Waals surface area contributed by atoms with Crippen molar-refractivity contribution in [2.45, 2.75) is 57.8 Å². The average Bonchev–Trinajstić information content (AvgIpc) is 2.98. The molecule has 1 N–H and O–H groups in total. The normalized spacial score (nSPS) is 25.6. The second-order valence-corrected chi connectivity index (χ2v) is 6.50. The zero-order chi connectivity index (χ0) is 15.5. The summed E-state index contributed by atoms with van der Waals surface area (Å²) in [5, 5.41) is 9.18. The molecule has 3 rings (SSSR count). The Labute approximate surface area is 132 Å². The van der Waals surface area contributed by atoms with Crippen LogP contribution in [0.3, 0.4) is 0 Å². The lowest BCUT2D eigenvalue weighted by atomic mass is 9.85. The number of aliphatic hydroxyl groups excluding tert-OH is 1. The van der Waals surface area contributed by atoms with Gasteiger partial charge in [0, 0.05) is 12.6 Å². The van der Waals surface area contributed by atoms with Crippen LogP contribution in [0.1, 0.15) is 44.6 Å². The molecule has 4 nitrogen and oxygen atoms in total. The Hall–Kier alpha value is -1.55. The smallest absolute Gasteiger partial charge is 0.263 e. The van der Waals surface area contributed by atoms with Gasteiger partial charge in [0.05, 0.1) is 6.61 Å². The first-order valence-corrected chi connectivity index (χ1v) is 8.36. The molecule has 1 heterocycles. The maximum absolute atomic E-state index is 12.7. The Morgan fingerprint density at radius 2 is 2.18 bits per heavy atom. The molecule has 0 spiro atoms. The standard InChI is InChI=1S/C18H25NO3/c1-13(22-16-7-4-5-14(11-16)12-20)18(21)19-10-9-15-6-2-3-8-17(15)19/h4-5,7,11,13,15,17,20H,2-3,6,8-10,12H2,1H3. The molecule has 1 aliphatic heterocycles. The number of amides is 1. The molecular formula is C18H25NO3. The first-order chi connectivity index (χ1) is 10.7. The third-order valence-corrected chi connectivity index (χ3v) is 5.03. The molecule has 120 valence electrons. The molecule has 1 amide bonds. The third kappa shape index (κ3) is 3.12. The highest BCUT2D eigenvalue weighted by Gasteiger charge is 2.39. The van der Waals surface area contributed by atoms with Crippen LogP contribution in [0.15, 0.2) is 24.3 Å². The van der Waals surface area contributed by atoms with Crippen LogP contribution < -0.4 is 4.74 Å². The molecule has 0 bridgehead atoms. The number of hydrogen-bond donors (Lipinski definition) is 1. The van der Waals surface area contributed by atoms with E-state index < -0.39 is 6.10 Å². The summed E-state index contributed by atoms with van der Waals surface area (Å²) in [5.41, 5.74) is 0.797. The van der Waals surface area contributed by atoms with Crippen LogP contribution in [-0.4, -0.2) is 34.6 Å². The van der Waals surface area contributed by atoms with Crippen LogP contribution in [0.4, 0.5) is 0 Å². The van der Waals surface area contributed by atoms with E-state index in [1.54, 1.807) is 6.07 Å². The fraction of sp³-hybridized carbons (Fsp3) is 0.611. The number of rotatable bonds is 4. The van der Waals surface area contributed by atoms with Crippen LogP contribution in [-0.2, 0) is 11.4 Å². The van der Waals surface area contributed by atoms with E-state index in [1.165, 1.54) is 19.3 Å². The molecule has 1 aliphatic carbocycles. The van der Waals surface area contributed by atoms with Gasteiger partial charge in [0.2, 0.25) is 0 Å². The lowest BCUT2D eigenvalue weighted by Gasteiger charge is -2.33. The minimum absolute atomic E-state index is 0.0184. The third-order valence-electron chi connectivity index (χ3n) is 5.03. The van der Waals surface area contributed by atoms with Crippen LogP contribution in [0, 0.1) is 5.92 Å². The van der Waals surface area contributed by atoms with E-state index in [4.69, 9.17) is 4.74 Å². The average molecular weight is 303 g/mol. The molecule has 3 unspecified atom stereocenters. The minimum Gasteiger partial charge on any atom is -0.481 e. The van der Waals surface area contributed by atoms with Crippen LogP contribution in [0.2, 0.25) is 0 Å². The van der Waals surface area contributed by atoms with E-state index in [2.05, 4.69) is 0 Å². The van der Waals surface area contributed by atoms with Crippen molar-refractivity contribution in [1.29, 1.82) is 0 Å². The molecule has 22 heavy (non-hydrogen) atoms. The van der Waals surface area contributed by atoms with Gasteiger partial charge in [0.25, 0.3) is 5.91 Å². The summed E-state index contributed by atoms with van der Waals surface area (Å²) in [6.07, 6.45) is 5.62. The Kier molecular flexibility index (Phi) is 4.67. The second kappa shape index (κ2) is 6.69. The predicted molar refractivity (Wildman–Crippen MR) is 84.5 cm³/mol. The highest BCUT2D eigenvalue weighted by Crippen LogP contribution is 2.36. The van der Waals surface area contributed by atoms with Gasteiger partial charge in [-0.25, -0.2) is 0 Å². The Balaban J connectivity index is 1.64. The molecule has 0 aromatic heterocycles. The quantitative estimate of drug-likeness (QED) is 0.930. The lowest BCUT2D eigenvalue weighted by molar-refractivity contribution is -0.139. The minimum atomic E-state index is -0.477. The lowest BCUT2D eigenvalue weighted by Crippen LogP contribution is -2.45. The maximum atomic E-state index is 12.7. The van der Waals surface area contributed by atoms with Crippen molar-refractivity contribution in [3.05, 3.63) is 29.8 Å². The van der Waals surface area contributed by atoms with Gasteiger partial charge >= 0.3 is 0 Å². The van der Waals surface area contributed by atoms with Crippen molar-refractivity contribution in [2.75, 3.05) is 6.54 Å². The fourth-order valence-electron chi connectivity index (χ4n) is 3.88. The summed E-state index contributed by atoms with van der Waals surface area (Å²) < 4.78 is 5.81. The largest absolute Gasteiger partial charge is 0.481 e. The van der Waals surface area contributed by atoms with E-state index in [9.17, 15) is 9.90 Å². The number of carbonyl (C=O) groups is 1. The zero-order valence-corrected chi connectivity index (χ0v) is 13.2. The Morgan fingerprint density at radius 3 is 3.00 bits per heavy atom. The first kappa shape index (κ1) is 15.3. The van der Waals surface area contributed by atoms with Crippen LogP contribution in [0.5, 0.6) is 5.75 Å². The van der Waals surface area contributed by atoms with E-state index in [0.29, 0.717) is 17.7 Å². The molecule has 2 aliphatic rings. The Bertz CT molecular complexity index is 531. The molecule has 4 heteroatoms. The second-order valence-electron chi connectivity index (χ2n) is 6.50. The highest BCUT2D eigenvalue weighted by atomic mass is 16.5. The van der Waals surface area contributed by atoms with E-state index in [0.717, 1.165) is 24.9 Å². The summed E-state index contributed by atoms with van der Waals surface area (Å²) in [6, 6.07) is 7.72. The van der Waals surface area contributed by atoms with Gasteiger partial charge in [0.15, 0.2) is 6.10 Å². The zero-order valence-electron chi connectivity index (χ0n) is 13.2. The first-order valence-electron chi connectivity index (χ1n) is 8.36. The van der Waals surface area contributed by atoms with Crippen molar-refractivity contribution in [2.24, 2.45) is 5.92 Å². The van der Waals surface area contributed by atoms with E-state index in [-0.39, 0.29) is 12.5 Å². The summed E-state index contributed by atoms with van der Waals surface area (Å²) >= 11 is 0. The number of ether oxygens (including phenoxy) is 1. The number of benzene rings is 1. The Morgan fingerprint density at radius 1 is 1.36 bits per heavy atom. The van der Waals surface area contributed by atoms with Crippen LogP contribution >= 0.6 is 0 Å². The van der Waals surface area contributed by atoms with Gasteiger partial charge in [-0.1, -0.05) is 25.0 Å². The van der Waals surface area contributed by atoms with Gasteiger partial charge in [-0.15, -0.1) is 0 Å². The number of likely N-dealkylation sites (tertiary alicyclic amines) is 1. The maximum Gasteiger partial charge on any atom is 0.263 e. The monoisotopic (exact) mass is 303 g/mol. The van der Waals surface area contributed by atoms with Gasteiger partial charge in [0.1, 0.15) is 5.75 Å². The fourth-order valence-corrected chi connectivity index (χ4v) is 3.88. The predicted octanol–water partition coefficient (Wildman–Crippen LogP) is 2.74. The highest BCUT2D eigenvalue weighted by molar-refractivity contribution is 5.81. The topological polar surface area (TPSA) is 49.8 Å². The van der Waals surface area contributed by atoms with Crippen LogP contribution in [0.25, 0.3) is 0 Å². The van der Waals surface area contributed by atoms with Gasteiger partial charge < -0.3 is 14.7 Å². The molecule has 1 saturated heterocycles. The summed E-state index contributed by atoms with van der Waals surface area (Å²) in [6.45, 7) is 2.68. The van der Waals surface area contributed by atoms with E-state index >= 15 is 0 Å². The van der Waals surface area contributed by atoms with Gasteiger partial charge in [-0.3, -0.25) is 4.79 Å². The molecule has 2 fully saturated rings. The van der Waals surface area contributed by atoms with Crippen molar-refractivity contribution in [3.63, 3.8) is 0 Å². The van der Waals surface area contributed by atoms with Crippen molar-refractivity contribution < 1.29 is 14.6 Å². The molecule has 0 radical (unpaired) electrons. The van der Waals surface area contributed by atoms with Gasteiger partial charge in [-0.05, 0) is 49.8 Å². The van der Waals surface area contributed by atoms with Crippen molar-refractivity contribution in [1.82, 2.24) is 4.90 Å². The SMILES string of the molecule is CC(Oc1cccc(CO)c1)C(=O)N1CCC2CCCCC21. The molecule has 1 aromatic carbocycles. The number of carbonyl (C=O) groups excluding carboxylic acids is 1. The molecular weight excluding hydrogens is 278 g/mol.